The molecule has 0 spiro atoms. The van der Waals surface area contributed by atoms with Crippen LogP contribution in [0.1, 0.15) is 27.0 Å². The molecule has 2 heterocycles. The lowest BCUT2D eigenvalue weighted by molar-refractivity contribution is 0.0982. The molecule has 0 fully saturated rings. The van der Waals surface area contributed by atoms with Crippen LogP contribution in [0.15, 0.2) is 109 Å². The van der Waals surface area contributed by atoms with Gasteiger partial charge in [-0.1, -0.05) is 66.7 Å². The van der Waals surface area contributed by atoms with Crippen LogP contribution in [-0.4, -0.2) is 18.0 Å². The lowest BCUT2D eigenvalue weighted by Gasteiger charge is -2.40. The third-order valence-electron chi connectivity index (χ3n) is 6.84. The molecular formula is C30H24N2O2. The molecule has 0 saturated heterocycles. The number of hydrogen-bond donors (Lipinski definition) is 1. The van der Waals surface area contributed by atoms with Crippen LogP contribution in [-0.2, 0) is 12.0 Å². The Hall–Kier alpha value is -4.31. The van der Waals surface area contributed by atoms with Crippen molar-refractivity contribution in [2.24, 2.45) is 0 Å². The summed E-state index contributed by atoms with van der Waals surface area (Å²) in [5.41, 5.74) is 5.10. The van der Waals surface area contributed by atoms with Crippen molar-refractivity contribution < 1.29 is 9.53 Å². The second kappa shape index (κ2) is 7.92. The van der Waals surface area contributed by atoms with Gasteiger partial charge in [0.05, 0.1) is 7.11 Å². The molecule has 0 bridgehead atoms. The van der Waals surface area contributed by atoms with Crippen molar-refractivity contribution in [2.45, 2.75) is 12.0 Å². The minimum atomic E-state index is -0.735. The molecule has 1 amide bonds. The van der Waals surface area contributed by atoms with Crippen LogP contribution >= 0.6 is 0 Å². The Morgan fingerprint density at radius 2 is 1.53 bits per heavy atom. The molecule has 4 nitrogen and oxygen atoms in total. The van der Waals surface area contributed by atoms with Crippen molar-refractivity contribution in [3.63, 3.8) is 0 Å². The standard InChI is InChI=1S/C30H24N2O2/c1-34-23-16-17-28-25(18-23)27(20-31-28)30(19-21-10-4-2-5-11-21)26-15-9-8-14-24(26)29(33)32(30)22-12-6-3-7-13-22/h2-18,20,31H,19H2,1H3. The third kappa shape index (κ3) is 2.96. The highest BCUT2D eigenvalue weighted by Crippen LogP contribution is 2.50. The van der Waals surface area contributed by atoms with Crippen LogP contribution in [0, 0.1) is 0 Å². The van der Waals surface area contributed by atoms with E-state index in [1.54, 1.807) is 7.11 Å². The van der Waals surface area contributed by atoms with Gasteiger partial charge in [0.15, 0.2) is 0 Å². The molecule has 1 aromatic heterocycles. The number of amides is 1. The van der Waals surface area contributed by atoms with Crippen molar-refractivity contribution in [1.29, 1.82) is 0 Å². The maximum absolute atomic E-state index is 14.0. The third-order valence-corrected chi connectivity index (χ3v) is 6.84. The smallest absolute Gasteiger partial charge is 0.259 e. The zero-order valence-corrected chi connectivity index (χ0v) is 18.9. The van der Waals surface area contributed by atoms with Crippen LogP contribution in [0.3, 0.4) is 0 Å². The Morgan fingerprint density at radius 1 is 0.824 bits per heavy atom. The Labute approximate surface area is 198 Å². The number of hydrogen-bond acceptors (Lipinski definition) is 2. The molecule has 1 unspecified atom stereocenters. The van der Waals surface area contributed by atoms with Gasteiger partial charge in [-0.25, -0.2) is 0 Å². The van der Waals surface area contributed by atoms with E-state index in [0.717, 1.165) is 44.6 Å². The van der Waals surface area contributed by atoms with Gasteiger partial charge in [0.2, 0.25) is 0 Å². The monoisotopic (exact) mass is 444 g/mol. The normalized spacial score (nSPS) is 17.2. The van der Waals surface area contributed by atoms with Gasteiger partial charge < -0.3 is 9.72 Å². The molecule has 1 aliphatic rings. The number of aromatic nitrogens is 1. The highest BCUT2D eigenvalue weighted by Gasteiger charge is 2.52. The van der Waals surface area contributed by atoms with Crippen LogP contribution in [0.5, 0.6) is 5.75 Å². The summed E-state index contributed by atoms with van der Waals surface area (Å²) in [6.45, 7) is 0. The average molecular weight is 445 g/mol. The van der Waals surface area contributed by atoms with Gasteiger partial charge in [-0.05, 0) is 47.5 Å². The lowest BCUT2D eigenvalue weighted by Crippen LogP contribution is -2.46. The number of aromatic amines is 1. The van der Waals surface area contributed by atoms with Gasteiger partial charge in [0.1, 0.15) is 11.3 Å². The average Bonchev–Trinajstić information content (AvgIpc) is 3.42. The van der Waals surface area contributed by atoms with Gasteiger partial charge in [-0.2, -0.15) is 0 Å². The maximum atomic E-state index is 14.0. The number of anilines is 1. The fourth-order valence-electron chi connectivity index (χ4n) is 5.35. The molecule has 0 radical (unpaired) electrons. The first-order chi connectivity index (χ1) is 16.7. The molecule has 0 aliphatic carbocycles. The molecule has 6 rings (SSSR count). The molecule has 1 N–H and O–H groups in total. The van der Waals surface area contributed by atoms with Crippen molar-refractivity contribution >= 4 is 22.5 Å². The van der Waals surface area contributed by atoms with Crippen molar-refractivity contribution in [3.8, 4) is 5.75 Å². The van der Waals surface area contributed by atoms with E-state index in [4.69, 9.17) is 4.74 Å². The van der Waals surface area contributed by atoms with Crippen LogP contribution < -0.4 is 9.64 Å². The number of nitrogens with one attached hydrogen (secondary N) is 1. The second-order valence-corrected chi connectivity index (χ2v) is 8.66. The Morgan fingerprint density at radius 3 is 2.29 bits per heavy atom. The molecule has 1 aliphatic heterocycles. The molecule has 34 heavy (non-hydrogen) atoms. The van der Waals surface area contributed by atoms with E-state index in [0.29, 0.717) is 6.42 Å². The first kappa shape index (κ1) is 20.3. The summed E-state index contributed by atoms with van der Waals surface area (Å²) in [4.78, 5) is 19.5. The number of rotatable bonds is 5. The SMILES string of the molecule is COc1ccc2[nH]cc(C3(Cc4ccccc4)c4ccccc4C(=O)N3c3ccccc3)c2c1. The molecular weight excluding hydrogens is 420 g/mol. The van der Waals surface area contributed by atoms with Crippen LogP contribution in [0.25, 0.3) is 10.9 Å². The zero-order valence-electron chi connectivity index (χ0n) is 18.9. The van der Waals surface area contributed by atoms with Gasteiger partial charge >= 0.3 is 0 Å². The molecule has 4 aromatic carbocycles. The molecule has 1 atom stereocenters. The highest BCUT2D eigenvalue weighted by atomic mass is 16.5. The highest BCUT2D eigenvalue weighted by molar-refractivity contribution is 6.13. The van der Waals surface area contributed by atoms with Crippen molar-refractivity contribution in [2.75, 3.05) is 12.0 Å². The summed E-state index contributed by atoms with van der Waals surface area (Å²) in [5, 5.41) is 1.04. The number of nitrogens with zero attached hydrogens (tertiary/aromatic N) is 1. The number of ether oxygens (including phenoxy) is 1. The minimum Gasteiger partial charge on any atom is -0.497 e. The number of benzene rings is 4. The van der Waals surface area contributed by atoms with Crippen molar-refractivity contribution in [1.82, 2.24) is 4.98 Å². The van der Waals surface area contributed by atoms with Gasteiger partial charge in [-0.3, -0.25) is 9.69 Å². The van der Waals surface area contributed by atoms with Crippen molar-refractivity contribution in [3.05, 3.63) is 132 Å². The second-order valence-electron chi connectivity index (χ2n) is 8.66. The summed E-state index contributed by atoms with van der Waals surface area (Å²) in [6.07, 6.45) is 2.69. The number of methoxy groups -OCH3 is 1. The quantitative estimate of drug-likeness (QED) is 0.345. The fourth-order valence-corrected chi connectivity index (χ4v) is 5.35. The predicted octanol–water partition coefficient (Wildman–Crippen LogP) is 6.32. The molecule has 5 aromatic rings. The summed E-state index contributed by atoms with van der Waals surface area (Å²) >= 11 is 0. The largest absolute Gasteiger partial charge is 0.497 e. The Balaban J connectivity index is 1.72. The number of fused-ring (bicyclic) bond motifs is 2. The molecule has 0 saturated carbocycles. The van der Waals surface area contributed by atoms with Crippen LogP contribution in [0.4, 0.5) is 5.69 Å². The Kier molecular flexibility index (Phi) is 4.73. The van der Waals surface area contributed by atoms with Gasteiger partial charge in [0, 0.05) is 40.3 Å². The lowest BCUT2D eigenvalue weighted by atomic mass is 9.77. The summed E-state index contributed by atoms with van der Waals surface area (Å²) in [7, 11) is 1.68. The molecule has 166 valence electrons. The summed E-state index contributed by atoms with van der Waals surface area (Å²) < 4.78 is 5.57. The van der Waals surface area contributed by atoms with E-state index in [1.165, 1.54) is 0 Å². The van der Waals surface area contributed by atoms with Gasteiger partial charge in [0.25, 0.3) is 5.91 Å². The number of para-hydroxylation sites is 1. The first-order valence-corrected chi connectivity index (χ1v) is 11.4. The topological polar surface area (TPSA) is 45.3 Å². The van der Waals surface area contributed by atoms with E-state index in [1.807, 2.05) is 71.6 Å². The predicted molar refractivity (Wildman–Crippen MR) is 135 cm³/mol. The summed E-state index contributed by atoms with van der Waals surface area (Å²) in [5.74, 6) is 0.794. The first-order valence-electron chi connectivity index (χ1n) is 11.4. The van der Waals surface area contributed by atoms with E-state index >= 15 is 0 Å². The maximum Gasteiger partial charge on any atom is 0.259 e. The van der Waals surface area contributed by atoms with Crippen LogP contribution in [0.2, 0.25) is 0 Å². The van der Waals surface area contributed by atoms with E-state index in [-0.39, 0.29) is 5.91 Å². The molecule has 4 heteroatoms. The van der Waals surface area contributed by atoms with E-state index in [9.17, 15) is 4.79 Å². The van der Waals surface area contributed by atoms with E-state index < -0.39 is 5.54 Å². The minimum absolute atomic E-state index is 0.00924. The summed E-state index contributed by atoms with van der Waals surface area (Å²) in [6, 6.07) is 34.4. The van der Waals surface area contributed by atoms with Gasteiger partial charge in [-0.15, -0.1) is 0 Å². The fraction of sp³-hybridized carbons (Fsp3) is 0.100. The number of carbonyl (C=O) groups excluding carboxylic acids is 1. The Bertz CT molecular complexity index is 1490. The zero-order chi connectivity index (χ0) is 23.1. The number of H-pyrrole nitrogens is 1. The number of carbonyl (C=O) groups is 1. The van der Waals surface area contributed by atoms with E-state index in [2.05, 4.69) is 47.6 Å².